The number of nitrogens with zero attached hydrogens (tertiary/aromatic N) is 1. The van der Waals surface area contributed by atoms with Gasteiger partial charge in [-0.25, -0.2) is 0 Å². The van der Waals surface area contributed by atoms with Crippen molar-refractivity contribution in [2.45, 2.75) is 6.92 Å². The van der Waals surface area contributed by atoms with Crippen LogP contribution in [-0.2, 0) is 9.59 Å². The first kappa shape index (κ1) is 20.6. The smallest absolute Gasteiger partial charge is 0.308 e. The summed E-state index contributed by atoms with van der Waals surface area (Å²) in [7, 11) is 1.53. The molecule has 0 aliphatic carbocycles. The number of amides is 2. The molecule has 1 heterocycles. The fourth-order valence-corrected chi connectivity index (χ4v) is 3.60. The summed E-state index contributed by atoms with van der Waals surface area (Å²) >= 11 is 6.31. The van der Waals surface area contributed by atoms with Crippen LogP contribution in [0.1, 0.15) is 22.8 Å². The largest absolute Gasteiger partial charge is 0.497 e. The summed E-state index contributed by atoms with van der Waals surface area (Å²) in [5.74, 6) is -0.267. The summed E-state index contributed by atoms with van der Waals surface area (Å²) in [6, 6.07) is 13.1. The van der Waals surface area contributed by atoms with Gasteiger partial charge in [0.1, 0.15) is 11.5 Å². The lowest BCUT2D eigenvalue weighted by atomic mass is 10.2. The molecular formula is C20H16N2O5S2. The fourth-order valence-electron chi connectivity index (χ4n) is 2.42. The molecule has 148 valence electrons. The first-order chi connectivity index (χ1) is 13.9. The molecule has 1 N–H and O–H groups in total. The number of hydrazine groups is 1. The highest BCUT2D eigenvalue weighted by Crippen LogP contribution is 2.31. The molecule has 1 aliphatic heterocycles. The fraction of sp³-hybridized carbons (Fsp3) is 0.100. The maximum atomic E-state index is 12.6. The van der Waals surface area contributed by atoms with E-state index in [1.165, 1.54) is 14.0 Å². The van der Waals surface area contributed by atoms with Crippen molar-refractivity contribution in [2.24, 2.45) is 0 Å². The maximum Gasteiger partial charge on any atom is 0.308 e. The van der Waals surface area contributed by atoms with Crippen LogP contribution in [0.25, 0.3) is 6.08 Å². The number of hydrogen-bond donors (Lipinski definition) is 1. The van der Waals surface area contributed by atoms with Crippen LogP contribution >= 0.6 is 24.0 Å². The van der Waals surface area contributed by atoms with Crippen LogP contribution in [0.5, 0.6) is 11.5 Å². The third-order valence-electron chi connectivity index (χ3n) is 3.80. The molecule has 3 rings (SSSR count). The minimum absolute atomic E-state index is 0.222. The van der Waals surface area contributed by atoms with Crippen molar-refractivity contribution < 1.29 is 23.9 Å². The molecule has 0 saturated carbocycles. The van der Waals surface area contributed by atoms with Crippen molar-refractivity contribution in [1.82, 2.24) is 10.4 Å². The van der Waals surface area contributed by atoms with Gasteiger partial charge in [0.2, 0.25) is 0 Å². The number of nitrogens with one attached hydrogen (secondary N) is 1. The molecule has 0 unspecified atom stereocenters. The molecule has 2 amide bonds. The molecule has 2 aromatic rings. The maximum absolute atomic E-state index is 12.6. The summed E-state index contributed by atoms with van der Waals surface area (Å²) in [6.07, 6.45) is 1.65. The Morgan fingerprint density at radius 1 is 1.07 bits per heavy atom. The van der Waals surface area contributed by atoms with E-state index < -0.39 is 17.8 Å². The van der Waals surface area contributed by atoms with Crippen molar-refractivity contribution >= 4 is 52.2 Å². The molecular weight excluding hydrogens is 412 g/mol. The Bertz CT molecular complexity index is 1000. The molecule has 0 bridgehead atoms. The van der Waals surface area contributed by atoms with E-state index in [4.69, 9.17) is 21.7 Å². The zero-order valence-corrected chi connectivity index (χ0v) is 17.1. The highest BCUT2D eigenvalue weighted by Gasteiger charge is 2.33. The highest BCUT2D eigenvalue weighted by atomic mass is 32.2. The number of rotatable bonds is 5. The number of methoxy groups -OCH3 is 1. The van der Waals surface area contributed by atoms with E-state index in [0.29, 0.717) is 22.0 Å². The molecule has 0 radical (unpaired) electrons. The first-order valence-corrected chi connectivity index (χ1v) is 9.61. The average molecular weight is 428 g/mol. The number of benzene rings is 2. The van der Waals surface area contributed by atoms with Crippen LogP contribution in [0.3, 0.4) is 0 Å². The Hall–Kier alpha value is -3.17. The van der Waals surface area contributed by atoms with Gasteiger partial charge >= 0.3 is 5.97 Å². The van der Waals surface area contributed by atoms with Gasteiger partial charge in [0.05, 0.1) is 12.0 Å². The first-order valence-electron chi connectivity index (χ1n) is 8.39. The second kappa shape index (κ2) is 8.89. The summed E-state index contributed by atoms with van der Waals surface area (Å²) in [5.41, 5.74) is 3.61. The van der Waals surface area contributed by atoms with Crippen molar-refractivity contribution in [3.63, 3.8) is 0 Å². The van der Waals surface area contributed by atoms with Crippen molar-refractivity contribution in [3.8, 4) is 11.5 Å². The lowest BCUT2D eigenvalue weighted by Gasteiger charge is -2.15. The number of esters is 1. The molecule has 7 nitrogen and oxygen atoms in total. The molecule has 1 aliphatic rings. The van der Waals surface area contributed by atoms with Crippen LogP contribution in [-0.4, -0.2) is 34.2 Å². The number of thioether (sulfide) groups is 1. The average Bonchev–Trinajstić information content (AvgIpc) is 2.96. The van der Waals surface area contributed by atoms with E-state index in [1.807, 2.05) is 0 Å². The normalized spacial score (nSPS) is 14.8. The third-order valence-corrected chi connectivity index (χ3v) is 5.10. The van der Waals surface area contributed by atoms with E-state index in [2.05, 4.69) is 5.43 Å². The monoisotopic (exact) mass is 428 g/mol. The molecule has 29 heavy (non-hydrogen) atoms. The Balaban J connectivity index is 1.70. The second-order valence-corrected chi connectivity index (χ2v) is 7.52. The summed E-state index contributed by atoms with van der Waals surface area (Å²) in [4.78, 5) is 36.4. The van der Waals surface area contributed by atoms with Gasteiger partial charge in [-0.05, 0) is 60.3 Å². The second-order valence-electron chi connectivity index (χ2n) is 5.85. The summed E-state index contributed by atoms with van der Waals surface area (Å²) < 4.78 is 10.3. The molecule has 0 spiro atoms. The van der Waals surface area contributed by atoms with E-state index in [9.17, 15) is 14.4 Å². The minimum Gasteiger partial charge on any atom is -0.497 e. The van der Waals surface area contributed by atoms with Gasteiger partial charge in [0.25, 0.3) is 11.8 Å². The third kappa shape index (κ3) is 5.01. The van der Waals surface area contributed by atoms with Gasteiger partial charge in [-0.1, -0.05) is 23.9 Å². The number of carbonyl (C=O) groups is 3. The molecule has 1 saturated heterocycles. The van der Waals surface area contributed by atoms with E-state index >= 15 is 0 Å². The zero-order valence-electron chi connectivity index (χ0n) is 15.5. The predicted octanol–water partition coefficient (Wildman–Crippen LogP) is 3.17. The summed E-state index contributed by atoms with van der Waals surface area (Å²) in [6.45, 7) is 1.32. The lowest BCUT2D eigenvalue weighted by Crippen LogP contribution is -2.44. The van der Waals surface area contributed by atoms with E-state index in [-0.39, 0.29) is 4.32 Å². The van der Waals surface area contributed by atoms with Gasteiger partial charge in [-0.2, -0.15) is 5.01 Å². The van der Waals surface area contributed by atoms with Crippen molar-refractivity contribution in [2.75, 3.05) is 7.11 Å². The van der Waals surface area contributed by atoms with Crippen molar-refractivity contribution in [3.05, 3.63) is 64.6 Å². The number of ether oxygens (including phenoxy) is 2. The van der Waals surface area contributed by atoms with Crippen LogP contribution < -0.4 is 14.9 Å². The molecule has 0 aromatic heterocycles. The summed E-state index contributed by atoms with van der Waals surface area (Å²) in [5, 5.41) is 1.05. The molecule has 2 aromatic carbocycles. The Morgan fingerprint density at radius 2 is 1.69 bits per heavy atom. The quantitative estimate of drug-likeness (QED) is 0.339. The molecule has 1 fully saturated rings. The van der Waals surface area contributed by atoms with E-state index in [0.717, 1.165) is 22.3 Å². The minimum atomic E-state index is -0.462. The topological polar surface area (TPSA) is 84.9 Å². The SMILES string of the molecule is COc1ccc(C(=O)NN2C(=O)C(=Cc3ccc(OC(C)=O)cc3)SC2=S)cc1. The van der Waals surface area contributed by atoms with Gasteiger partial charge in [0.15, 0.2) is 4.32 Å². The van der Waals surface area contributed by atoms with Gasteiger partial charge in [-0.3, -0.25) is 19.8 Å². The molecule has 9 heteroatoms. The van der Waals surface area contributed by atoms with Gasteiger partial charge in [0, 0.05) is 12.5 Å². The van der Waals surface area contributed by atoms with Crippen LogP contribution in [0.2, 0.25) is 0 Å². The Morgan fingerprint density at radius 3 is 2.28 bits per heavy atom. The highest BCUT2D eigenvalue weighted by molar-refractivity contribution is 8.26. The number of hydrogen-bond acceptors (Lipinski definition) is 7. The standard InChI is InChI=1S/C20H16N2O5S2/c1-12(23)27-16-7-3-13(4-8-16)11-17-19(25)22(20(28)29-17)21-18(24)14-5-9-15(26-2)10-6-14/h3-11H,1-2H3,(H,21,24). The lowest BCUT2D eigenvalue weighted by molar-refractivity contribution is -0.131. The molecule has 0 atom stereocenters. The Labute approximate surface area is 176 Å². The van der Waals surface area contributed by atoms with Gasteiger partial charge < -0.3 is 9.47 Å². The van der Waals surface area contributed by atoms with Crippen LogP contribution in [0, 0.1) is 0 Å². The predicted molar refractivity (Wildman–Crippen MR) is 113 cm³/mol. The van der Waals surface area contributed by atoms with Gasteiger partial charge in [-0.15, -0.1) is 0 Å². The number of carbonyl (C=O) groups excluding carboxylic acids is 3. The van der Waals surface area contributed by atoms with Crippen LogP contribution in [0.15, 0.2) is 53.4 Å². The Kier molecular flexibility index (Phi) is 6.30. The van der Waals surface area contributed by atoms with E-state index in [1.54, 1.807) is 54.6 Å². The van der Waals surface area contributed by atoms with Crippen molar-refractivity contribution in [1.29, 1.82) is 0 Å². The number of thiocarbonyl (C=S) groups is 1. The zero-order chi connectivity index (χ0) is 21.0. The van der Waals surface area contributed by atoms with Crippen LogP contribution in [0.4, 0.5) is 0 Å².